The molecule has 3 N–H and O–H groups in total. The Morgan fingerprint density at radius 1 is 1.10 bits per heavy atom. The third-order valence-electron chi connectivity index (χ3n) is 5.14. The molecule has 0 aromatic heterocycles. The monoisotopic (exact) mass is 396 g/mol. The zero-order valence-electron chi connectivity index (χ0n) is 17.1. The molecule has 2 aromatic rings. The van der Waals surface area contributed by atoms with E-state index in [0.717, 1.165) is 12.0 Å². The van der Waals surface area contributed by atoms with Crippen LogP contribution >= 0.6 is 0 Å². The van der Waals surface area contributed by atoms with Crippen LogP contribution in [0.25, 0.3) is 11.1 Å². The standard InChI is InChI=1S/C23H28N2O4/c1-23(2,3)12-11-20(21(26)27)24-25-22(28)29-14-16-8-6-10-18-17-9-5-4-7-15(17)13-19(16)18/h4-10,20,24H,11-14H2,1-3H3,(H,25,28)(H,26,27)/t20-/m0/s1. The summed E-state index contributed by atoms with van der Waals surface area (Å²) in [4.78, 5) is 23.5. The van der Waals surface area contributed by atoms with Crippen molar-refractivity contribution in [3.05, 3.63) is 59.2 Å². The number of hydrazine groups is 1. The largest absolute Gasteiger partial charge is 0.480 e. The maximum Gasteiger partial charge on any atom is 0.421 e. The Labute approximate surface area is 171 Å². The molecule has 0 saturated carbocycles. The molecule has 1 aliphatic carbocycles. The van der Waals surface area contributed by atoms with Crippen LogP contribution in [0.5, 0.6) is 0 Å². The molecule has 3 rings (SSSR count). The van der Waals surface area contributed by atoms with E-state index in [1.54, 1.807) is 0 Å². The van der Waals surface area contributed by atoms with Gasteiger partial charge >= 0.3 is 12.1 Å². The van der Waals surface area contributed by atoms with Gasteiger partial charge < -0.3 is 9.84 Å². The number of carboxylic acid groups (broad SMARTS) is 1. The Kier molecular flexibility index (Phi) is 6.23. The molecule has 1 amide bonds. The van der Waals surface area contributed by atoms with Gasteiger partial charge in [0.25, 0.3) is 0 Å². The molecular formula is C23H28N2O4. The molecule has 0 aliphatic heterocycles. The van der Waals surface area contributed by atoms with E-state index in [1.807, 2.05) is 45.0 Å². The number of nitrogens with one attached hydrogen (secondary N) is 2. The van der Waals surface area contributed by atoms with Crippen molar-refractivity contribution in [2.24, 2.45) is 5.41 Å². The van der Waals surface area contributed by atoms with E-state index in [1.165, 1.54) is 22.3 Å². The molecule has 0 fully saturated rings. The summed E-state index contributed by atoms with van der Waals surface area (Å²) in [6.45, 7) is 6.27. The van der Waals surface area contributed by atoms with Crippen molar-refractivity contribution in [2.75, 3.05) is 0 Å². The lowest BCUT2D eigenvalue weighted by Gasteiger charge is -2.21. The quantitative estimate of drug-likeness (QED) is 0.519. The van der Waals surface area contributed by atoms with Gasteiger partial charge in [-0.25, -0.2) is 10.2 Å². The SMILES string of the molecule is CC(C)(C)CC[C@H](NNC(=O)OCc1cccc2c1Cc1ccccc1-2)C(=O)O. The van der Waals surface area contributed by atoms with Crippen molar-refractivity contribution in [1.82, 2.24) is 10.9 Å². The molecule has 1 aliphatic rings. The van der Waals surface area contributed by atoms with Crippen LogP contribution in [0, 0.1) is 5.41 Å². The van der Waals surface area contributed by atoms with Gasteiger partial charge in [-0.05, 0) is 52.5 Å². The first kappa shape index (κ1) is 20.9. The van der Waals surface area contributed by atoms with Crippen LogP contribution in [0.3, 0.4) is 0 Å². The smallest absolute Gasteiger partial charge is 0.421 e. The number of fused-ring (bicyclic) bond motifs is 3. The number of carbonyl (C=O) groups is 2. The summed E-state index contributed by atoms with van der Waals surface area (Å²) in [5.41, 5.74) is 10.7. The Balaban J connectivity index is 1.55. The molecule has 6 nitrogen and oxygen atoms in total. The molecule has 0 saturated heterocycles. The number of amides is 1. The Bertz CT molecular complexity index is 902. The zero-order valence-corrected chi connectivity index (χ0v) is 17.1. The van der Waals surface area contributed by atoms with E-state index >= 15 is 0 Å². The van der Waals surface area contributed by atoms with E-state index in [-0.39, 0.29) is 12.0 Å². The number of hydrogen-bond acceptors (Lipinski definition) is 4. The fourth-order valence-corrected chi connectivity index (χ4v) is 3.52. The molecule has 0 heterocycles. The highest BCUT2D eigenvalue weighted by Gasteiger charge is 2.23. The van der Waals surface area contributed by atoms with Gasteiger partial charge in [-0.1, -0.05) is 63.2 Å². The molecule has 0 spiro atoms. The van der Waals surface area contributed by atoms with Gasteiger partial charge in [0, 0.05) is 0 Å². The van der Waals surface area contributed by atoms with Crippen molar-refractivity contribution in [1.29, 1.82) is 0 Å². The number of aliphatic carboxylic acids is 1. The third kappa shape index (κ3) is 5.35. The number of carboxylic acids is 1. The summed E-state index contributed by atoms with van der Waals surface area (Å²) in [7, 11) is 0. The van der Waals surface area contributed by atoms with Crippen molar-refractivity contribution in [2.45, 2.75) is 52.7 Å². The van der Waals surface area contributed by atoms with Crippen LogP contribution in [-0.4, -0.2) is 23.2 Å². The molecule has 29 heavy (non-hydrogen) atoms. The normalized spacial score (nSPS) is 13.3. The maximum atomic E-state index is 12.1. The Hall–Kier alpha value is -2.86. The number of hydrogen-bond donors (Lipinski definition) is 3. The van der Waals surface area contributed by atoms with Crippen LogP contribution in [0.15, 0.2) is 42.5 Å². The van der Waals surface area contributed by atoms with Crippen molar-refractivity contribution in [3.8, 4) is 11.1 Å². The number of carbonyl (C=O) groups excluding carboxylic acids is 1. The van der Waals surface area contributed by atoms with Gasteiger partial charge in [-0.3, -0.25) is 10.2 Å². The van der Waals surface area contributed by atoms with Gasteiger partial charge in [0.05, 0.1) is 0 Å². The molecule has 0 unspecified atom stereocenters. The van der Waals surface area contributed by atoms with Crippen LogP contribution in [0.4, 0.5) is 4.79 Å². The molecular weight excluding hydrogens is 368 g/mol. The predicted molar refractivity (Wildman–Crippen MR) is 111 cm³/mol. The predicted octanol–water partition coefficient (Wildman–Crippen LogP) is 4.27. The van der Waals surface area contributed by atoms with Crippen LogP contribution < -0.4 is 10.9 Å². The highest BCUT2D eigenvalue weighted by Crippen LogP contribution is 2.38. The Morgan fingerprint density at radius 2 is 1.83 bits per heavy atom. The summed E-state index contributed by atoms with van der Waals surface area (Å²) in [5.74, 6) is -1.01. The summed E-state index contributed by atoms with van der Waals surface area (Å²) in [5, 5.41) is 9.33. The highest BCUT2D eigenvalue weighted by molar-refractivity contribution is 5.78. The summed E-state index contributed by atoms with van der Waals surface area (Å²) < 4.78 is 5.32. The zero-order chi connectivity index (χ0) is 21.0. The van der Waals surface area contributed by atoms with Crippen molar-refractivity contribution < 1.29 is 19.4 Å². The highest BCUT2D eigenvalue weighted by atomic mass is 16.6. The average molecular weight is 396 g/mol. The number of rotatable bonds is 7. The minimum Gasteiger partial charge on any atom is -0.480 e. The molecule has 6 heteroatoms. The van der Waals surface area contributed by atoms with Gasteiger partial charge in [0.2, 0.25) is 0 Å². The maximum absolute atomic E-state index is 12.1. The van der Waals surface area contributed by atoms with E-state index in [9.17, 15) is 14.7 Å². The topological polar surface area (TPSA) is 87.7 Å². The van der Waals surface area contributed by atoms with E-state index in [0.29, 0.717) is 12.8 Å². The van der Waals surface area contributed by atoms with Gasteiger partial charge in [-0.15, -0.1) is 0 Å². The lowest BCUT2D eigenvalue weighted by atomic mass is 9.89. The van der Waals surface area contributed by atoms with Crippen LogP contribution in [0.2, 0.25) is 0 Å². The van der Waals surface area contributed by atoms with Crippen molar-refractivity contribution in [3.63, 3.8) is 0 Å². The Morgan fingerprint density at radius 3 is 2.55 bits per heavy atom. The number of benzene rings is 2. The first-order chi connectivity index (χ1) is 13.7. The van der Waals surface area contributed by atoms with Crippen LogP contribution in [0.1, 0.15) is 50.3 Å². The third-order valence-corrected chi connectivity index (χ3v) is 5.14. The second-order valence-corrected chi connectivity index (χ2v) is 8.61. The summed E-state index contributed by atoms with van der Waals surface area (Å²) >= 11 is 0. The van der Waals surface area contributed by atoms with Gasteiger partial charge in [0.15, 0.2) is 0 Å². The van der Waals surface area contributed by atoms with E-state index in [4.69, 9.17) is 4.74 Å². The first-order valence-electron chi connectivity index (χ1n) is 9.85. The summed E-state index contributed by atoms with van der Waals surface area (Å²) in [6.07, 6.45) is 1.24. The minimum absolute atomic E-state index is 0.0150. The van der Waals surface area contributed by atoms with Crippen LogP contribution in [-0.2, 0) is 22.6 Å². The van der Waals surface area contributed by atoms with Crippen molar-refractivity contribution >= 4 is 12.1 Å². The number of ether oxygens (including phenoxy) is 1. The second-order valence-electron chi connectivity index (χ2n) is 8.61. The van der Waals surface area contributed by atoms with E-state index in [2.05, 4.69) is 29.1 Å². The summed E-state index contributed by atoms with van der Waals surface area (Å²) in [6, 6.07) is 13.4. The lowest BCUT2D eigenvalue weighted by Crippen LogP contribution is -2.48. The fraction of sp³-hybridized carbons (Fsp3) is 0.391. The molecule has 2 aromatic carbocycles. The molecule has 0 radical (unpaired) electrons. The average Bonchev–Trinajstić information content (AvgIpc) is 3.04. The minimum atomic E-state index is -1.01. The molecule has 1 atom stereocenters. The molecule has 0 bridgehead atoms. The fourth-order valence-electron chi connectivity index (χ4n) is 3.52. The molecule has 154 valence electrons. The van der Waals surface area contributed by atoms with Gasteiger partial charge in [0.1, 0.15) is 12.6 Å². The second kappa shape index (κ2) is 8.66. The first-order valence-corrected chi connectivity index (χ1v) is 9.85. The van der Waals surface area contributed by atoms with E-state index < -0.39 is 18.1 Å². The van der Waals surface area contributed by atoms with Gasteiger partial charge in [-0.2, -0.15) is 0 Å². The lowest BCUT2D eigenvalue weighted by molar-refractivity contribution is -0.140.